The van der Waals surface area contributed by atoms with Crippen molar-refractivity contribution in [2.24, 2.45) is 5.41 Å². The van der Waals surface area contributed by atoms with Crippen LogP contribution in [-0.2, 0) is 11.2 Å². The Kier molecular flexibility index (Phi) is 5.10. The van der Waals surface area contributed by atoms with Gasteiger partial charge in [-0.15, -0.1) is 0 Å². The van der Waals surface area contributed by atoms with Crippen LogP contribution in [0.2, 0.25) is 0 Å². The maximum absolute atomic E-state index is 12.5. The van der Waals surface area contributed by atoms with E-state index in [9.17, 15) is 14.7 Å². The number of hydrogen-bond acceptors (Lipinski definition) is 5. The van der Waals surface area contributed by atoms with Crippen LogP contribution in [0.4, 0.5) is 0 Å². The quantitative estimate of drug-likeness (QED) is 0.825. The van der Waals surface area contributed by atoms with Gasteiger partial charge in [0.25, 0.3) is 0 Å². The van der Waals surface area contributed by atoms with Gasteiger partial charge in [-0.1, -0.05) is 20.8 Å². The monoisotopic (exact) mass is 413 g/mol. The van der Waals surface area contributed by atoms with Crippen molar-refractivity contribution in [2.75, 3.05) is 20.3 Å². The Balaban J connectivity index is 1.88. The normalized spacial score (nSPS) is 20.4. The fourth-order valence-electron chi connectivity index (χ4n) is 4.26. The second-order valence-electron chi connectivity index (χ2n) is 9.00. The molecule has 30 heavy (non-hydrogen) atoms. The van der Waals surface area contributed by atoms with Crippen molar-refractivity contribution >= 4 is 5.97 Å². The topological polar surface area (TPSA) is 87.0 Å². The number of nitrogens with zero attached hydrogens (tertiary/aromatic N) is 1. The lowest BCUT2D eigenvalue weighted by atomic mass is 9.78. The number of methoxy groups -OCH3 is 1. The van der Waals surface area contributed by atoms with Crippen LogP contribution in [-0.4, -0.2) is 42.1 Å². The summed E-state index contributed by atoms with van der Waals surface area (Å²) in [6, 6.07) is 5.27. The van der Waals surface area contributed by atoms with E-state index < -0.39 is 11.4 Å². The molecule has 7 nitrogen and oxygen atoms in total. The fraction of sp³-hybridized carbons (Fsp3) is 0.478. The summed E-state index contributed by atoms with van der Waals surface area (Å²) in [5.74, 6) is 0.0300. The van der Waals surface area contributed by atoms with Crippen molar-refractivity contribution in [3.05, 3.63) is 45.7 Å². The number of aromatic carboxylic acids is 1. The number of carboxylic acid groups (broad SMARTS) is 1. The lowest BCUT2D eigenvalue weighted by Gasteiger charge is -2.39. The molecule has 0 bridgehead atoms. The highest BCUT2D eigenvalue weighted by Crippen LogP contribution is 2.46. The second-order valence-corrected chi connectivity index (χ2v) is 9.00. The Bertz CT molecular complexity index is 1040. The average molecular weight is 413 g/mol. The Labute approximate surface area is 175 Å². The summed E-state index contributed by atoms with van der Waals surface area (Å²) in [5.41, 5.74) is 1.72. The summed E-state index contributed by atoms with van der Waals surface area (Å²) < 4.78 is 19.1. The van der Waals surface area contributed by atoms with Gasteiger partial charge in [-0.25, -0.2) is 4.79 Å². The van der Waals surface area contributed by atoms with E-state index in [1.807, 2.05) is 16.7 Å². The smallest absolute Gasteiger partial charge is 0.341 e. The van der Waals surface area contributed by atoms with E-state index in [1.54, 1.807) is 7.11 Å². The molecule has 1 aromatic carbocycles. The van der Waals surface area contributed by atoms with Gasteiger partial charge in [-0.3, -0.25) is 4.79 Å². The van der Waals surface area contributed by atoms with Crippen LogP contribution < -0.4 is 14.9 Å². The average Bonchev–Trinajstić information content (AvgIpc) is 3.18. The van der Waals surface area contributed by atoms with Crippen LogP contribution in [0.5, 0.6) is 11.5 Å². The van der Waals surface area contributed by atoms with Crippen molar-refractivity contribution in [3.8, 4) is 22.8 Å². The predicted molar refractivity (Wildman–Crippen MR) is 112 cm³/mol. The highest BCUT2D eigenvalue weighted by molar-refractivity contribution is 5.88. The third kappa shape index (κ3) is 3.58. The number of hydrogen-bond donors (Lipinski definition) is 1. The van der Waals surface area contributed by atoms with Crippen LogP contribution in [0.3, 0.4) is 0 Å². The van der Waals surface area contributed by atoms with Crippen molar-refractivity contribution in [3.63, 3.8) is 0 Å². The number of fused-ring (bicyclic) bond motifs is 3. The molecular formula is C23H27NO6. The maximum Gasteiger partial charge on any atom is 0.341 e. The Morgan fingerprint density at radius 2 is 2.00 bits per heavy atom. The zero-order valence-electron chi connectivity index (χ0n) is 17.7. The number of carboxylic acids is 1. The van der Waals surface area contributed by atoms with Gasteiger partial charge < -0.3 is 23.9 Å². The minimum atomic E-state index is -1.21. The zero-order chi connectivity index (χ0) is 21.6. The number of benzene rings is 1. The van der Waals surface area contributed by atoms with E-state index in [4.69, 9.17) is 14.2 Å². The lowest BCUT2D eigenvalue weighted by molar-refractivity contribution is 0.0693. The molecular weight excluding hydrogens is 386 g/mol. The van der Waals surface area contributed by atoms with E-state index in [1.165, 1.54) is 12.3 Å². The highest BCUT2D eigenvalue weighted by Gasteiger charge is 2.34. The molecule has 0 unspecified atom stereocenters. The van der Waals surface area contributed by atoms with Gasteiger partial charge in [0.15, 0.2) is 16.9 Å². The fourth-order valence-corrected chi connectivity index (χ4v) is 4.26. The van der Waals surface area contributed by atoms with Gasteiger partial charge in [0, 0.05) is 30.3 Å². The molecule has 4 rings (SSSR count). The molecule has 2 aliphatic heterocycles. The molecule has 3 heterocycles. The first-order valence-corrected chi connectivity index (χ1v) is 10.1. The van der Waals surface area contributed by atoms with Gasteiger partial charge in [-0.2, -0.15) is 0 Å². The molecule has 160 valence electrons. The molecule has 1 fully saturated rings. The van der Waals surface area contributed by atoms with Crippen LogP contribution in [0.25, 0.3) is 11.3 Å². The molecule has 2 atom stereocenters. The summed E-state index contributed by atoms with van der Waals surface area (Å²) in [4.78, 5) is 24.0. The van der Waals surface area contributed by atoms with Crippen molar-refractivity contribution in [1.29, 1.82) is 0 Å². The van der Waals surface area contributed by atoms with Crippen LogP contribution >= 0.6 is 0 Å². The zero-order valence-corrected chi connectivity index (χ0v) is 17.7. The molecule has 1 saturated heterocycles. The molecule has 0 aliphatic carbocycles. The lowest BCUT2D eigenvalue weighted by Crippen LogP contribution is -2.32. The number of ether oxygens (including phenoxy) is 3. The number of aromatic nitrogens is 1. The van der Waals surface area contributed by atoms with Crippen molar-refractivity contribution < 1.29 is 24.1 Å². The summed E-state index contributed by atoms with van der Waals surface area (Å²) in [6.45, 7) is 7.58. The van der Waals surface area contributed by atoms with Gasteiger partial charge in [0.05, 0.1) is 26.0 Å². The minimum absolute atomic E-state index is 0.00742. The van der Waals surface area contributed by atoms with E-state index in [-0.39, 0.29) is 23.1 Å². The van der Waals surface area contributed by atoms with Gasteiger partial charge >= 0.3 is 5.97 Å². The third-order valence-electron chi connectivity index (χ3n) is 5.91. The standard InChI is InChI=1S/C23H27NO6/c1-23(2,3)21-8-13-7-20(30-14-5-6-29-12-14)19(28-4)9-15(13)17-10-18(25)16(22(26)27)11-24(17)21/h7,9-11,14,21H,5-6,8,12H2,1-4H3,(H,26,27)/t14-,21+/m1/s1. The number of rotatable bonds is 4. The Hall–Kier alpha value is -2.80. The van der Waals surface area contributed by atoms with E-state index in [0.29, 0.717) is 36.8 Å². The summed E-state index contributed by atoms with van der Waals surface area (Å²) in [5, 5.41) is 9.45. The third-order valence-corrected chi connectivity index (χ3v) is 5.91. The highest BCUT2D eigenvalue weighted by atomic mass is 16.6. The molecule has 1 aromatic heterocycles. The van der Waals surface area contributed by atoms with Gasteiger partial charge in [0.1, 0.15) is 11.7 Å². The molecule has 1 N–H and O–H groups in total. The van der Waals surface area contributed by atoms with Gasteiger partial charge in [-0.05, 0) is 29.5 Å². The summed E-state index contributed by atoms with van der Waals surface area (Å²) in [7, 11) is 1.58. The van der Waals surface area contributed by atoms with Crippen molar-refractivity contribution in [1.82, 2.24) is 4.57 Å². The largest absolute Gasteiger partial charge is 0.493 e. The SMILES string of the molecule is COc1cc2c(cc1O[C@@H]1CCOC1)C[C@@H](C(C)(C)C)n1cc(C(=O)O)c(=O)cc1-2. The molecule has 0 saturated carbocycles. The predicted octanol–water partition coefficient (Wildman–Crippen LogP) is 3.53. The first-order chi connectivity index (χ1) is 14.2. The second kappa shape index (κ2) is 7.47. The van der Waals surface area contributed by atoms with E-state index in [0.717, 1.165) is 17.5 Å². The van der Waals surface area contributed by atoms with E-state index >= 15 is 0 Å². The molecule has 0 radical (unpaired) electrons. The van der Waals surface area contributed by atoms with Crippen LogP contribution in [0, 0.1) is 5.41 Å². The summed E-state index contributed by atoms with van der Waals surface area (Å²) >= 11 is 0. The molecule has 2 aromatic rings. The molecule has 2 aliphatic rings. The number of pyridine rings is 1. The van der Waals surface area contributed by atoms with Crippen molar-refractivity contribution in [2.45, 2.75) is 45.8 Å². The van der Waals surface area contributed by atoms with Crippen LogP contribution in [0.15, 0.2) is 29.2 Å². The van der Waals surface area contributed by atoms with Gasteiger partial charge in [0.2, 0.25) is 0 Å². The Morgan fingerprint density at radius 3 is 2.60 bits per heavy atom. The molecule has 0 spiro atoms. The molecule has 7 heteroatoms. The van der Waals surface area contributed by atoms with Crippen LogP contribution in [0.1, 0.15) is 49.2 Å². The molecule has 0 amide bonds. The Morgan fingerprint density at radius 1 is 1.23 bits per heavy atom. The first kappa shape index (κ1) is 20.5. The minimum Gasteiger partial charge on any atom is -0.493 e. The summed E-state index contributed by atoms with van der Waals surface area (Å²) in [6.07, 6.45) is 2.99. The van der Waals surface area contributed by atoms with E-state index in [2.05, 4.69) is 20.8 Å². The number of carbonyl (C=O) groups is 1. The maximum atomic E-state index is 12.5. The first-order valence-electron chi connectivity index (χ1n) is 10.1.